The molecule has 2 aromatic heterocycles. The third kappa shape index (κ3) is 14.1. The fourth-order valence-electron chi connectivity index (χ4n) is 2.47. The summed E-state index contributed by atoms with van der Waals surface area (Å²) in [5.41, 5.74) is 7.93. The molecule has 2 heterocycles. The van der Waals surface area contributed by atoms with Crippen molar-refractivity contribution >= 4 is 34.7 Å². The zero-order valence-corrected chi connectivity index (χ0v) is 23.3. The number of nitrogens with zero attached hydrogens (tertiary/aromatic N) is 2. The molecule has 0 radical (unpaired) electrons. The van der Waals surface area contributed by atoms with Crippen LogP contribution in [0.5, 0.6) is 0 Å². The highest BCUT2D eigenvalue weighted by Crippen LogP contribution is 2.27. The van der Waals surface area contributed by atoms with Crippen LogP contribution in [0.25, 0.3) is 11.1 Å². The number of amides is 1. The smallest absolute Gasteiger partial charge is 0.293 e. The van der Waals surface area contributed by atoms with Crippen molar-refractivity contribution in [1.82, 2.24) is 9.88 Å². The van der Waals surface area contributed by atoms with Crippen LogP contribution in [-0.2, 0) is 9.53 Å². The highest BCUT2D eigenvalue weighted by Gasteiger charge is 2.20. The number of anilines is 2. The number of benzene rings is 1. The lowest BCUT2D eigenvalue weighted by Crippen LogP contribution is -2.17. The molecule has 1 aromatic carbocycles. The molecule has 0 saturated carbocycles. The van der Waals surface area contributed by atoms with Gasteiger partial charge >= 0.3 is 0 Å². The topological polar surface area (TPSA) is 111 Å². The van der Waals surface area contributed by atoms with Crippen LogP contribution < -0.4 is 11.1 Å². The average Bonchev–Trinajstić information content (AvgIpc) is 3.18. The van der Waals surface area contributed by atoms with Crippen LogP contribution in [0.1, 0.15) is 63.1 Å². The normalized spacial score (nSPS) is 9.86. The number of ether oxygens (including phenoxy) is 1. The molecule has 0 saturated heterocycles. The molecule has 3 N–H and O–H groups in total. The number of carbonyl (C=O) groups is 2. The van der Waals surface area contributed by atoms with Crippen LogP contribution in [0.4, 0.5) is 15.8 Å². The Hall–Kier alpha value is -3.30. The lowest BCUT2D eigenvalue weighted by Gasteiger charge is -2.07. The molecule has 0 spiro atoms. The highest BCUT2D eigenvalue weighted by atomic mass is 19.1. The molecule has 3 rings (SSSR count). The highest BCUT2D eigenvalue weighted by molar-refractivity contribution is 6.10. The second kappa shape index (κ2) is 19.8. The Morgan fingerprint density at radius 3 is 2.24 bits per heavy atom. The van der Waals surface area contributed by atoms with E-state index in [1.807, 2.05) is 47.0 Å². The molecule has 0 bridgehead atoms. The van der Waals surface area contributed by atoms with E-state index in [-0.39, 0.29) is 22.5 Å². The molecule has 3 aromatic rings. The van der Waals surface area contributed by atoms with Gasteiger partial charge in [0.25, 0.3) is 5.91 Å². The molecular weight excluding hydrogens is 475 g/mol. The lowest BCUT2D eigenvalue weighted by molar-refractivity contribution is -0.107. The third-order valence-electron chi connectivity index (χ3n) is 4.35. The summed E-state index contributed by atoms with van der Waals surface area (Å²) in [5.74, 6) is -1.26. The molecule has 0 fully saturated rings. The first-order valence-corrected chi connectivity index (χ1v) is 12.5. The zero-order valence-electron chi connectivity index (χ0n) is 23.3. The SMILES string of the molecule is CCC.CCCC=O.CCOCCN(C)C.Cc1ccc(NC(=O)c2oc3ccc(F)nc3c2N)cc1. The number of fused-ring (bicyclic) bond motifs is 1. The summed E-state index contributed by atoms with van der Waals surface area (Å²) in [6.45, 7) is 12.9. The summed E-state index contributed by atoms with van der Waals surface area (Å²) in [6, 6.07) is 9.81. The fourth-order valence-corrected chi connectivity index (χ4v) is 2.47. The van der Waals surface area contributed by atoms with Crippen LogP contribution in [0.2, 0.25) is 0 Å². The number of furan rings is 1. The maximum absolute atomic E-state index is 13.1. The zero-order chi connectivity index (χ0) is 28.2. The van der Waals surface area contributed by atoms with E-state index in [0.717, 1.165) is 44.1 Å². The molecule has 0 aliphatic carbocycles. The maximum Gasteiger partial charge on any atom is 0.293 e. The van der Waals surface area contributed by atoms with Crippen LogP contribution >= 0.6 is 0 Å². The first kappa shape index (κ1) is 33.7. The summed E-state index contributed by atoms with van der Waals surface area (Å²) in [4.78, 5) is 27.3. The van der Waals surface area contributed by atoms with Gasteiger partial charge in [0.05, 0.1) is 6.61 Å². The number of pyridine rings is 1. The molecule has 0 unspecified atom stereocenters. The molecule has 206 valence electrons. The van der Waals surface area contributed by atoms with Crippen LogP contribution in [-0.4, -0.2) is 55.9 Å². The number of aldehydes is 1. The van der Waals surface area contributed by atoms with Gasteiger partial charge in [0.2, 0.25) is 11.7 Å². The minimum absolute atomic E-state index is 0.0223. The number of carbonyl (C=O) groups excluding carboxylic acids is 2. The van der Waals surface area contributed by atoms with Crippen molar-refractivity contribution < 1.29 is 23.1 Å². The van der Waals surface area contributed by atoms with E-state index in [1.54, 1.807) is 12.1 Å². The first-order valence-electron chi connectivity index (χ1n) is 12.5. The fraction of sp³-hybridized carbons (Fsp3) is 0.464. The average molecular weight is 519 g/mol. The lowest BCUT2D eigenvalue weighted by atomic mass is 10.2. The number of nitrogens with one attached hydrogen (secondary N) is 1. The van der Waals surface area contributed by atoms with Gasteiger partial charge in [-0.05, 0) is 58.6 Å². The van der Waals surface area contributed by atoms with Crippen LogP contribution in [0.15, 0.2) is 40.8 Å². The van der Waals surface area contributed by atoms with Crippen molar-refractivity contribution in [3.8, 4) is 0 Å². The van der Waals surface area contributed by atoms with Gasteiger partial charge in [0, 0.05) is 25.3 Å². The Bertz CT molecular complexity index is 1040. The largest absolute Gasteiger partial charge is 0.447 e. The van der Waals surface area contributed by atoms with E-state index < -0.39 is 11.9 Å². The Labute approximate surface area is 220 Å². The third-order valence-corrected chi connectivity index (χ3v) is 4.35. The molecule has 9 heteroatoms. The van der Waals surface area contributed by atoms with E-state index in [1.165, 1.54) is 12.5 Å². The minimum atomic E-state index is -0.680. The first-order chi connectivity index (χ1) is 17.6. The van der Waals surface area contributed by atoms with Crippen LogP contribution in [0.3, 0.4) is 0 Å². The molecule has 1 amide bonds. The van der Waals surface area contributed by atoms with Crippen molar-refractivity contribution in [2.75, 3.05) is 44.9 Å². The number of halogens is 1. The number of aryl methyl sites for hydroxylation is 1. The van der Waals surface area contributed by atoms with E-state index in [0.29, 0.717) is 12.1 Å². The summed E-state index contributed by atoms with van der Waals surface area (Å²) < 4.78 is 23.6. The summed E-state index contributed by atoms with van der Waals surface area (Å²) >= 11 is 0. The summed E-state index contributed by atoms with van der Waals surface area (Å²) in [5, 5.41) is 2.67. The summed E-state index contributed by atoms with van der Waals surface area (Å²) in [7, 11) is 4.08. The standard InChI is InChI=1S/C15H12FN3O2.C6H15NO.C4H8O.C3H8/c1-8-2-4-9(5-3-8)18-15(20)14-12(17)13-10(21-14)6-7-11(16)19-13;1-4-8-6-5-7(2)3;1-2-3-4-5;1-3-2/h2-7H,17H2,1H3,(H,18,20);4-6H2,1-3H3;4H,2-3H2,1H3;3H2,1-2H3. The van der Waals surface area contributed by atoms with Crippen molar-refractivity contribution in [2.45, 2.75) is 53.9 Å². The Morgan fingerprint density at radius 2 is 1.76 bits per heavy atom. The van der Waals surface area contributed by atoms with E-state index in [9.17, 15) is 14.0 Å². The number of nitrogens with two attached hydrogens (primary N) is 1. The van der Waals surface area contributed by atoms with E-state index in [4.69, 9.17) is 14.9 Å². The molecule has 0 aliphatic rings. The number of hydrogen-bond acceptors (Lipinski definition) is 7. The number of nitrogen functional groups attached to an aromatic ring is 1. The number of hydrogen-bond donors (Lipinski definition) is 2. The molecule has 0 atom stereocenters. The van der Waals surface area contributed by atoms with Crippen molar-refractivity contribution in [3.05, 3.63) is 53.7 Å². The quantitative estimate of drug-likeness (QED) is 0.211. The maximum atomic E-state index is 13.1. The van der Waals surface area contributed by atoms with Crippen LogP contribution in [0, 0.1) is 12.9 Å². The summed E-state index contributed by atoms with van der Waals surface area (Å²) in [6.07, 6.45) is 3.86. The van der Waals surface area contributed by atoms with Gasteiger partial charge in [-0.2, -0.15) is 4.39 Å². The van der Waals surface area contributed by atoms with Gasteiger partial charge < -0.3 is 29.9 Å². The number of aromatic nitrogens is 1. The Balaban J connectivity index is 0.000000671. The van der Waals surface area contributed by atoms with Gasteiger partial charge in [-0.1, -0.05) is 44.9 Å². The molecular formula is C28H43FN4O4. The van der Waals surface area contributed by atoms with Gasteiger partial charge in [0.1, 0.15) is 17.5 Å². The van der Waals surface area contributed by atoms with E-state index >= 15 is 0 Å². The van der Waals surface area contributed by atoms with Crippen molar-refractivity contribution in [2.24, 2.45) is 0 Å². The van der Waals surface area contributed by atoms with E-state index in [2.05, 4.69) is 29.0 Å². The van der Waals surface area contributed by atoms with Gasteiger partial charge in [-0.3, -0.25) is 4.79 Å². The van der Waals surface area contributed by atoms with Gasteiger partial charge in [-0.25, -0.2) is 4.98 Å². The van der Waals surface area contributed by atoms with Gasteiger partial charge in [0.15, 0.2) is 5.58 Å². The predicted molar refractivity (Wildman–Crippen MR) is 149 cm³/mol. The number of unbranched alkanes of at least 4 members (excludes halogenated alkanes) is 1. The number of likely N-dealkylation sites (N-methyl/N-ethyl adjacent to an activating group) is 1. The Morgan fingerprint density at radius 1 is 1.14 bits per heavy atom. The molecule has 0 aliphatic heterocycles. The molecule has 37 heavy (non-hydrogen) atoms. The van der Waals surface area contributed by atoms with Gasteiger partial charge in [-0.15, -0.1) is 0 Å². The second-order valence-corrected chi connectivity index (χ2v) is 8.31. The second-order valence-electron chi connectivity index (χ2n) is 8.31. The monoisotopic (exact) mass is 518 g/mol. The minimum Gasteiger partial charge on any atom is -0.447 e. The van der Waals surface area contributed by atoms with Crippen molar-refractivity contribution in [3.63, 3.8) is 0 Å². The number of rotatable bonds is 8. The molecule has 8 nitrogen and oxygen atoms in total. The predicted octanol–water partition coefficient (Wildman–Crippen LogP) is 6.10. The Kier molecular flexibility index (Phi) is 18.1. The van der Waals surface area contributed by atoms with Crippen molar-refractivity contribution in [1.29, 1.82) is 0 Å².